The lowest BCUT2D eigenvalue weighted by molar-refractivity contribution is 0.0728. The third-order valence-corrected chi connectivity index (χ3v) is 4.32. The van der Waals surface area contributed by atoms with Crippen LogP contribution >= 0.6 is 23.2 Å². The molecule has 3 rings (SSSR count). The van der Waals surface area contributed by atoms with Gasteiger partial charge in [-0.25, -0.2) is 0 Å². The second kappa shape index (κ2) is 8.45. The summed E-state index contributed by atoms with van der Waals surface area (Å²) in [6.07, 6.45) is 2.27. The van der Waals surface area contributed by atoms with Crippen LogP contribution in [-0.2, 0) is 6.54 Å². The summed E-state index contributed by atoms with van der Waals surface area (Å²) in [5.74, 6) is 1.11. The Hall–Kier alpha value is -2.51. The van der Waals surface area contributed by atoms with E-state index in [2.05, 4.69) is 10.2 Å². The third kappa shape index (κ3) is 4.26. The van der Waals surface area contributed by atoms with E-state index >= 15 is 0 Å². The minimum Gasteiger partial charge on any atom is -0.494 e. The van der Waals surface area contributed by atoms with Gasteiger partial charge in [-0.15, -0.1) is 10.2 Å². The Morgan fingerprint density at radius 3 is 2.59 bits per heavy atom. The molecular formula is C18H17Cl2N3O4. The number of rotatable bonds is 7. The van der Waals surface area contributed by atoms with Crippen LogP contribution in [0, 0.1) is 0 Å². The molecule has 27 heavy (non-hydrogen) atoms. The highest BCUT2D eigenvalue weighted by Crippen LogP contribution is 2.34. The molecule has 0 atom stereocenters. The van der Waals surface area contributed by atoms with Crippen LogP contribution in [-0.4, -0.2) is 34.7 Å². The molecule has 3 aromatic rings. The zero-order valence-electron chi connectivity index (χ0n) is 14.7. The maximum atomic E-state index is 12.9. The number of carbonyl (C=O) groups excluding carboxylic acids is 1. The Morgan fingerprint density at radius 2 is 2.00 bits per heavy atom. The predicted molar refractivity (Wildman–Crippen MR) is 100 cm³/mol. The average molecular weight is 410 g/mol. The second-order valence-corrected chi connectivity index (χ2v) is 6.49. The fraction of sp³-hybridized carbons (Fsp3) is 0.278. The number of methoxy groups -OCH3 is 1. The fourth-order valence-corrected chi connectivity index (χ4v) is 3.21. The molecule has 1 amide bonds. The summed E-state index contributed by atoms with van der Waals surface area (Å²) in [6.45, 7) is 2.62. The molecular weight excluding hydrogens is 393 g/mol. The van der Waals surface area contributed by atoms with Gasteiger partial charge in [0.2, 0.25) is 5.89 Å². The van der Waals surface area contributed by atoms with Gasteiger partial charge in [0.15, 0.2) is 11.5 Å². The first-order chi connectivity index (χ1) is 13.0. The number of halogens is 2. The lowest BCUT2D eigenvalue weighted by Crippen LogP contribution is -2.31. The van der Waals surface area contributed by atoms with Crippen molar-refractivity contribution in [3.63, 3.8) is 0 Å². The molecule has 0 spiro atoms. The highest BCUT2D eigenvalue weighted by atomic mass is 35.5. The van der Waals surface area contributed by atoms with Crippen molar-refractivity contribution in [2.45, 2.75) is 19.9 Å². The Kier molecular flexibility index (Phi) is 6.03. The Bertz CT molecular complexity index is 902. The van der Waals surface area contributed by atoms with Crippen molar-refractivity contribution in [1.82, 2.24) is 15.1 Å². The van der Waals surface area contributed by atoms with Crippen LogP contribution in [0.15, 0.2) is 39.4 Å². The topological polar surface area (TPSA) is 81.6 Å². The minimum atomic E-state index is -0.249. The van der Waals surface area contributed by atoms with Crippen LogP contribution in [0.4, 0.5) is 0 Å². The van der Waals surface area contributed by atoms with Crippen LogP contribution in [0.5, 0.6) is 5.75 Å². The Labute approximate surface area is 165 Å². The van der Waals surface area contributed by atoms with E-state index in [1.807, 2.05) is 6.92 Å². The number of amides is 1. The zero-order valence-corrected chi connectivity index (χ0v) is 16.3. The third-order valence-electron chi connectivity index (χ3n) is 3.76. The van der Waals surface area contributed by atoms with E-state index in [0.717, 1.165) is 6.42 Å². The van der Waals surface area contributed by atoms with Crippen LogP contribution in [0.1, 0.15) is 29.6 Å². The number of furan rings is 1. The average Bonchev–Trinajstić information content (AvgIpc) is 3.32. The fourth-order valence-electron chi connectivity index (χ4n) is 2.56. The van der Waals surface area contributed by atoms with Gasteiger partial charge in [-0.2, -0.15) is 0 Å². The van der Waals surface area contributed by atoms with Gasteiger partial charge in [0, 0.05) is 12.1 Å². The summed E-state index contributed by atoms with van der Waals surface area (Å²) in [5, 5.41) is 8.47. The van der Waals surface area contributed by atoms with E-state index in [1.54, 1.807) is 17.0 Å². The van der Waals surface area contributed by atoms with E-state index in [1.165, 1.54) is 25.5 Å². The van der Waals surface area contributed by atoms with Crippen LogP contribution in [0.3, 0.4) is 0 Å². The van der Waals surface area contributed by atoms with Gasteiger partial charge >= 0.3 is 0 Å². The first-order valence-corrected chi connectivity index (χ1v) is 8.97. The van der Waals surface area contributed by atoms with Gasteiger partial charge in [-0.05, 0) is 30.7 Å². The predicted octanol–water partition coefficient (Wildman–Crippen LogP) is 4.70. The summed E-state index contributed by atoms with van der Waals surface area (Å²) >= 11 is 12.3. The standard InChI is InChI=1S/C18H17Cl2N3O4/c1-3-6-23(10-15-21-22-17(27-15)14-5-4-7-26-14)18(24)11-8-12(19)16(25-2)13(20)9-11/h4-5,7-9H,3,6,10H2,1-2H3. The lowest BCUT2D eigenvalue weighted by Gasteiger charge is -2.21. The van der Waals surface area contributed by atoms with E-state index < -0.39 is 0 Å². The molecule has 0 aliphatic heterocycles. The first-order valence-electron chi connectivity index (χ1n) is 8.22. The molecule has 2 heterocycles. The number of hydrogen-bond donors (Lipinski definition) is 0. The van der Waals surface area contributed by atoms with Crippen molar-refractivity contribution in [2.75, 3.05) is 13.7 Å². The van der Waals surface area contributed by atoms with Gasteiger partial charge in [0.1, 0.15) is 0 Å². The minimum absolute atomic E-state index is 0.154. The first kappa shape index (κ1) is 19.3. The molecule has 2 aromatic heterocycles. The molecule has 142 valence electrons. The quantitative estimate of drug-likeness (QED) is 0.562. The molecule has 9 heteroatoms. The normalized spacial score (nSPS) is 10.8. The summed E-state index contributed by atoms with van der Waals surface area (Å²) in [6, 6.07) is 6.50. The zero-order chi connectivity index (χ0) is 19.4. The van der Waals surface area contributed by atoms with Crippen molar-refractivity contribution in [1.29, 1.82) is 0 Å². The Morgan fingerprint density at radius 1 is 1.26 bits per heavy atom. The van der Waals surface area contributed by atoms with Gasteiger partial charge in [-0.1, -0.05) is 30.1 Å². The van der Waals surface area contributed by atoms with Gasteiger partial charge in [0.05, 0.1) is 30.0 Å². The molecule has 0 fully saturated rings. The van der Waals surface area contributed by atoms with Crippen LogP contribution in [0.2, 0.25) is 10.0 Å². The Balaban J connectivity index is 1.82. The number of benzene rings is 1. The van der Waals surface area contributed by atoms with E-state index in [9.17, 15) is 4.79 Å². The summed E-state index contributed by atoms with van der Waals surface area (Å²) in [4.78, 5) is 14.5. The van der Waals surface area contributed by atoms with E-state index in [4.69, 9.17) is 36.8 Å². The van der Waals surface area contributed by atoms with Gasteiger partial charge < -0.3 is 18.5 Å². The summed E-state index contributed by atoms with van der Waals surface area (Å²) in [5.41, 5.74) is 0.352. The van der Waals surface area contributed by atoms with Crippen LogP contribution in [0.25, 0.3) is 11.7 Å². The maximum Gasteiger partial charge on any atom is 0.283 e. The van der Waals surface area contributed by atoms with Crippen molar-refractivity contribution < 1.29 is 18.4 Å². The summed E-state index contributed by atoms with van der Waals surface area (Å²) in [7, 11) is 1.46. The monoisotopic (exact) mass is 409 g/mol. The molecule has 0 saturated heterocycles. The second-order valence-electron chi connectivity index (χ2n) is 5.68. The number of aromatic nitrogens is 2. The molecule has 0 saturated carbocycles. The molecule has 1 aromatic carbocycles. The smallest absolute Gasteiger partial charge is 0.283 e. The molecule has 0 radical (unpaired) electrons. The number of hydrogen-bond acceptors (Lipinski definition) is 6. The summed E-state index contributed by atoms with van der Waals surface area (Å²) < 4.78 is 15.9. The lowest BCUT2D eigenvalue weighted by atomic mass is 10.1. The van der Waals surface area contributed by atoms with Crippen molar-refractivity contribution in [3.8, 4) is 17.4 Å². The highest BCUT2D eigenvalue weighted by Gasteiger charge is 2.21. The van der Waals surface area contributed by atoms with Gasteiger partial charge in [-0.3, -0.25) is 4.79 Å². The number of carbonyl (C=O) groups is 1. The molecule has 0 unspecified atom stereocenters. The van der Waals surface area contributed by atoms with E-state index in [0.29, 0.717) is 29.5 Å². The largest absolute Gasteiger partial charge is 0.494 e. The molecule has 0 aliphatic carbocycles. The SMILES string of the molecule is CCCN(Cc1nnc(-c2ccco2)o1)C(=O)c1cc(Cl)c(OC)c(Cl)c1. The molecule has 7 nitrogen and oxygen atoms in total. The van der Waals surface area contributed by atoms with Crippen molar-refractivity contribution in [3.05, 3.63) is 52.0 Å². The van der Waals surface area contributed by atoms with E-state index in [-0.39, 0.29) is 28.4 Å². The van der Waals surface area contributed by atoms with Crippen LogP contribution < -0.4 is 4.74 Å². The molecule has 0 aliphatic rings. The van der Waals surface area contributed by atoms with Gasteiger partial charge in [0.25, 0.3) is 11.8 Å². The number of nitrogens with zero attached hydrogens (tertiary/aromatic N) is 3. The molecule has 0 bridgehead atoms. The number of ether oxygens (including phenoxy) is 1. The molecule has 0 N–H and O–H groups in total. The maximum absolute atomic E-state index is 12.9. The van der Waals surface area contributed by atoms with Crippen molar-refractivity contribution in [2.24, 2.45) is 0 Å². The van der Waals surface area contributed by atoms with Crippen molar-refractivity contribution >= 4 is 29.1 Å². The highest BCUT2D eigenvalue weighted by molar-refractivity contribution is 6.37.